The Morgan fingerprint density at radius 1 is 1.16 bits per heavy atom. The van der Waals surface area contributed by atoms with Crippen molar-refractivity contribution in [3.63, 3.8) is 0 Å². The first-order valence-electron chi connectivity index (χ1n) is 11.2. The van der Waals surface area contributed by atoms with E-state index in [1.807, 2.05) is 32.0 Å². The predicted octanol–water partition coefficient (Wildman–Crippen LogP) is 4.19. The number of nitrogens with one attached hydrogen (secondary N) is 2. The zero-order valence-corrected chi connectivity index (χ0v) is 20.4. The fourth-order valence-corrected chi connectivity index (χ4v) is 3.26. The number of alkyl carbamates (subject to hydrolysis) is 1. The molecule has 1 aromatic carbocycles. The molecule has 0 aliphatic rings. The van der Waals surface area contributed by atoms with Gasteiger partial charge < -0.3 is 20.3 Å². The Bertz CT molecular complexity index is 799. The van der Waals surface area contributed by atoms with Gasteiger partial charge in [-0.1, -0.05) is 44.0 Å². The summed E-state index contributed by atoms with van der Waals surface area (Å²) in [6, 6.07) is 4.88. The number of carbonyl (C=O) groups excluding carboxylic acids is 3. The molecule has 7 nitrogen and oxygen atoms in total. The van der Waals surface area contributed by atoms with Gasteiger partial charge in [-0.25, -0.2) is 4.79 Å². The molecular weight excluding hydrogens is 406 g/mol. The van der Waals surface area contributed by atoms with Crippen LogP contribution in [0.25, 0.3) is 0 Å². The molecule has 0 radical (unpaired) electrons. The second-order valence-electron chi connectivity index (χ2n) is 8.88. The third kappa shape index (κ3) is 8.73. The Morgan fingerprint density at radius 2 is 1.84 bits per heavy atom. The lowest BCUT2D eigenvalue weighted by Gasteiger charge is -2.32. The highest BCUT2D eigenvalue weighted by molar-refractivity contribution is 5.90. The van der Waals surface area contributed by atoms with E-state index in [9.17, 15) is 14.4 Å². The average Bonchev–Trinajstić information content (AvgIpc) is 2.70. The van der Waals surface area contributed by atoms with E-state index in [1.54, 1.807) is 26.8 Å². The Kier molecular flexibility index (Phi) is 11.0. The maximum atomic E-state index is 13.3. The first-order chi connectivity index (χ1) is 15.0. The van der Waals surface area contributed by atoms with Gasteiger partial charge >= 0.3 is 6.09 Å². The number of amides is 3. The van der Waals surface area contributed by atoms with Crippen molar-refractivity contribution in [2.24, 2.45) is 0 Å². The van der Waals surface area contributed by atoms with Crippen LogP contribution in [0, 0.1) is 13.8 Å². The van der Waals surface area contributed by atoms with Gasteiger partial charge in [0.15, 0.2) is 0 Å². The zero-order valence-electron chi connectivity index (χ0n) is 20.4. The Hall–Kier alpha value is -2.83. The van der Waals surface area contributed by atoms with E-state index < -0.39 is 23.6 Å². The van der Waals surface area contributed by atoms with Crippen LogP contribution in [0.1, 0.15) is 69.7 Å². The maximum Gasteiger partial charge on any atom is 0.408 e. The third-order valence-corrected chi connectivity index (χ3v) is 5.01. The number of ether oxygens (including phenoxy) is 1. The number of rotatable bonds is 11. The zero-order chi connectivity index (χ0) is 24.3. The quantitative estimate of drug-likeness (QED) is 0.395. The van der Waals surface area contributed by atoms with Crippen molar-refractivity contribution in [2.45, 2.75) is 72.4 Å². The van der Waals surface area contributed by atoms with Crippen LogP contribution in [-0.4, -0.2) is 48.0 Å². The van der Waals surface area contributed by atoms with Gasteiger partial charge in [-0.15, -0.1) is 6.58 Å². The topological polar surface area (TPSA) is 87.7 Å². The molecule has 0 spiro atoms. The van der Waals surface area contributed by atoms with Gasteiger partial charge in [0.05, 0.1) is 0 Å². The van der Waals surface area contributed by atoms with Gasteiger partial charge in [0.25, 0.3) is 0 Å². The SMILES string of the molecule is C=CCN(C(=O)CNC(=O)OC(C)(C)C)C(C(=O)NCCCCC)c1cccc(C)c1C. The summed E-state index contributed by atoms with van der Waals surface area (Å²) < 4.78 is 5.21. The Labute approximate surface area is 192 Å². The summed E-state index contributed by atoms with van der Waals surface area (Å²) in [6.45, 7) is 15.4. The van der Waals surface area contributed by atoms with Crippen molar-refractivity contribution in [3.8, 4) is 0 Å². The molecule has 7 heteroatoms. The van der Waals surface area contributed by atoms with Crippen LogP contribution in [0.3, 0.4) is 0 Å². The minimum atomic E-state index is -0.831. The molecule has 3 amide bonds. The largest absolute Gasteiger partial charge is 0.444 e. The second-order valence-corrected chi connectivity index (χ2v) is 8.88. The lowest BCUT2D eigenvalue weighted by molar-refractivity contribution is -0.139. The molecule has 178 valence electrons. The molecule has 1 unspecified atom stereocenters. The molecule has 0 heterocycles. The van der Waals surface area contributed by atoms with Crippen LogP contribution in [0.2, 0.25) is 0 Å². The summed E-state index contributed by atoms with van der Waals surface area (Å²) in [4.78, 5) is 39.8. The lowest BCUT2D eigenvalue weighted by Crippen LogP contribution is -2.48. The third-order valence-electron chi connectivity index (χ3n) is 5.01. The predicted molar refractivity (Wildman–Crippen MR) is 127 cm³/mol. The van der Waals surface area contributed by atoms with E-state index in [2.05, 4.69) is 24.1 Å². The van der Waals surface area contributed by atoms with E-state index >= 15 is 0 Å². The van der Waals surface area contributed by atoms with Crippen LogP contribution in [0.15, 0.2) is 30.9 Å². The molecule has 0 aliphatic heterocycles. The summed E-state index contributed by atoms with van der Waals surface area (Å²) in [5.41, 5.74) is 2.06. The Balaban J connectivity index is 3.16. The summed E-state index contributed by atoms with van der Waals surface area (Å²) in [5.74, 6) is -0.646. The molecule has 1 aromatic rings. The molecule has 0 saturated heterocycles. The van der Waals surface area contributed by atoms with E-state index in [0.29, 0.717) is 6.54 Å². The fourth-order valence-electron chi connectivity index (χ4n) is 3.26. The van der Waals surface area contributed by atoms with Gasteiger partial charge in [-0.05, 0) is 57.7 Å². The monoisotopic (exact) mass is 445 g/mol. The van der Waals surface area contributed by atoms with Crippen molar-refractivity contribution in [1.29, 1.82) is 0 Å². The van der Waals surface area contributed by atoms with Gasteiger partial charge in [0, 0.05) is 13.1 Å². The molecule has 0 aliphatic carbocycles. The minimum Gasteiger partial charge on any atom is -0.444 e. The van der Waals surface area contributed by atoms with E-state index in [4.69, 9.17) is 4.74 Å². The van der Waals surface area contributed by atoms with Crippen LogP contribution in [-0.2, 0) is 14.3 Å². The summed E-state index contributed by atoms with van der Waals surface area (Å²) in [5, 5.41) is 5.46. The van der Waals surface area contributed by atoms with Crippen molar-refractivity contribution >= 4 is 17.9 Å². The first kappa shape index (κ1) is 27.2. The number of unbranched alkanes of at least 4 members (excludes halogenated alkanes) is 2. The number of nitrogens with zero attached hydrogens (tertiary/aromatic N) is 1. The first-order valence-corrected chi connectivity index (χ1v) is 11.2. The van der Waals surface area contributed by atoms with Crippen LogP contribution < -0.4 is 10.6 Å². The summed E-state index contributed by atoms with van der Waals surface area (Å²) >= 11 is 0. The molecule has 32 heavy (non-hydrogen) atoms. The van der Waals surface area contributed by atoms with Crippen molar-refractivity contribution in [2.75, 3.05) is 19.6 Å². The van der Waals surface area contributed by atoms with E-state index in [1.165, 1.54) is 4.90 Å². The minimum absolute atomic E-state index is 0.162. The Morgan fingerprint density at radius 3 is 2.44 bits per heavy atom. The number of aryl methyl sites for hydroxylation is 1. The lowest BCUT2D eigenvalue weighted by atomic mass is 9.95. The normalized spacial score (nSPS) is 11.9. The summed E-state index contributed by atoms with van der Waals surface area (Å²) in [6.07, 6.45) is 3.83. The van der Waals surface area contributed by atoms with Gasteiger partial charge in [0.2, 0.25) is 11.8 Å². The van der Waals surface area contributed by atoms with Crippen molar-refractivity contribution < 1.29 is 19.1 Å². The van der Waals surface area contributed by atoms with Gasteiger partial charge in [-0.3, -0.25) is 9.59 Å². The molecule has 2 N–H and O–H groups in total. The number of carbonyl (C=O) groups is 3. The number of benzene rings is 1. The molecule has 0 saturated carbocycles. The van der Waals surface area contributed by atoms with Crippen molar-refractivity contribution in [1.82, 2.24) is 15.5 Å². The molecular formula is C25H39N3O4. The van der Waals surface area contributed by atoms with Gasteiger partial charge in [0.1, 0.15) is 18.2 Å². The highest BCUT2D eigenvalue weighted by Gasteiger charge is 2.32. The molecule has 1 rings (SSSR count). The maximum absolute atomic E-state index is 13.3. The number of hydrogen-bond donors (Lipinski definition) is 2. The highest BCUT2D eigenvalue weighted by atomic mass is 16.6. The molecule has 0 bridgehead atoms. The molecule has 0 aromatic heterocycles. The van der Waals surface area contributed by atoms with Crippen LogP contribution in [0.4, 0.5) is 4.79 Å². The summed E-state index contributed by atoms with van der Waals surface area (Å²) in [7, 11) is 0. The molecule has 0 fully saturated rings. The standard InChI is InChI=1S/C25H39N3O4/c1-8-10-11-15-26-23(30)22(20-14-12-13-18(3)19(20)4)28(16-9-2)21(29)17-27-24(31)32-25(5,6)7/h9,12-14,22H,2,8,10-11,15-17H2,1,3-7H3,(H,26,30)(H,27,31). The second kappa shape index (κ2) is 12.9. The number of hydrogen-bond acceptors (Lipinski definition) is 4. The fraction of sp³-hybridized carbons (Fsp3) is 0.560. The van der Waals surface area contributed by atoms with Crippen molar-refractivity contribution in [3.05, 3.63) is 47.5 Å². The van der Waals surface area contributed by atoms with Crippen LogP contribution >= 0.6 is 0 Å². The van der Waals surface area contributed by atoms with Gasteiger partial charge in [-0.2, -0.15) is 0 Å². The average molecular weight is 446 g/mol. The van der Waals surface area contributed by atoms with Crippen LogP contribution in [0.5, 0.6) is 0 Å². The molecule has 1 atom stereocenters. The van der Waals surface area contributed by atoms with E-state index in [0.717, 1.165) is 36.0 Å². The van der Waals surface area contributed by atoms with E-state index in [-0.39, 0.29) is 19.0 Å². The smallest absolute Gasteiger partial charge is 0.408 e. The highest BCUT2D eigenvalue weighted by Crippen LogP contribution is 2.26.